The van der Waals surface area contributed by atoms with E-state index in [9.17, 15) is 5.26 Å². The van der Waals surface area contributed by atoms with E-state index in [-0.39, 0.29) is 0 Å². The maximum atomic E-state index is 9.58. The topological polar surface area (TPSA) is 45.9 Å². The molecule has 0 fully saturated rings. The first kappa shape index (κ1) is 16.2. The predicted octanol–water partition coefficient (Wildman–Crippen LogP) is 5.54. The van der Waals surface area contributed by atoms with Crippen molar-refractivity contribution in [1.82, 2.24) is 4.98 Å². The van der Waals surface area contributed by atoms with Crippen molar-refractivity contribution in [2.45, 2.75) is 19.8 Å². The lowest BCUT2D eigenvalue weighted by Gasteiger charge is -2.08. The number of ether oxygens (including phenoxy) is 1. The Labute approximate surface area is 145 Å². The highest BCUT2D eigenvalue weighted by molar-refractivity contribution is 7.19. The normalized spacial score (nSPS) is 11.4. The Morgan fingerprint density at radius 1 is 1.21 bits per heavy atom. The molecule has 3 rings (SSSR count). The van der Waals surface area contributed by atoms with Crippen molar-refractivity contribution in [3.05, 3.63) is 59.1 Å². The van der Waals surface area contributed by atoms with Crippen molar-refractivity contribution in [3.63, 3.8) is 0 Å². The third-order valence-corrected chi connectivity index (χ3v) is 4.69. The van der Waals surface area contributed by atoms with Crippen LogP contribution in [0, 0.1) is 11.3 Å². The first-order valence-electron chi connectivity index (χ1n) is 8.01. The molecule has 24 heavy (non-hydrogen) atoms. The third-order valence-electron chi connectivity index (χ3n) is 3.62. The Kier molecular flexibility index (Phi) is 5.25. The minimum absolute atomic E-state index is 0.558. The lowest BCUT2D eigenvalue weighted by atomic mass is 10.1. The number of aromatic nitrogens is 1. The number of nitriles is 1. The molecule has 0 N–H and O–H groups in total. The quantitative estimate of drug-likeness (QED) is 0.439. The van der Waals surface area contributed by atoms with Crippen LogP contribution in [0.4, 0.5) is 0 Å². The first-order chi connectivity index (χ1) is 11.8. The number of para-hydroxylation sites is 2. The van der Waals surface area contributed by atoms with Gasteiger partial charge in [-0.3, -0.25) is 0 Å². The Hall–Kier alpha value is -2.64. The van der Waals surface area contributed by atoms with Gasteiger partial charge in [-0.2, -0.15) is 5.26 Å². The van der Waals surface area contributed by atoms with E-state index in [1.807, 2.05) is 54.6 Å². The molecule has 0 saturated carbocycles. The van der Waals surface area contributed by atoms with Gasteiger partial charge in [-0.05, 0) is 30.7 Å². The molecule has 0 aliphatic rings. The molecule has 2 aromatic carbocycles. The number of fused-ring (bicyclic) bond motifs is 1. The van der Waals surface area contributed by atoms with Crippen LogP contribution in [-0.4, -0.2) is 11.6 Å². The van der Waals surface area contributed by atoms with Gasteiger partial charge < -0.3 is 4.74 Å². The first-order valence-corrected chi connectivity index (χ1v) is 8.83. The molecule has 0 bridgehead atoms. The Morgan fingerprint density at radius 2 is 2.00 bits per heavy atom. The SMILES string of the molecule is CCCCOc1ccccc1/C=C(/C#N)c1nc2ccccc2s1. The zero-order valence-corrected chi connectivity index (χ0v) is 14.3. The van der Waals surface area contributed by atoms with Crippen LogP contribution < -0.4 is 4.74 Å². The molecule has 1 aromatic heterocycles. The van der Waals surface area contributed by atoms with Gasteiger partial charge >= 0.3 is 0 Å². The number of hydrogen-bond donors (Lipinski definition) is 0. The summed E-state index contributed by atoms with van der Waals surface area (Å²) in [6.45, 7) is 2.82. The lowest BCUT2D eigenvalue weighted by Crippen LogP contribution is -1.98. The summed E-state index contributed by atoms with van der Waals surface area (Å²) < 4.78 is 6.93. The minimum Gasteiger partial charge on any atom is -0.493 e. The summed E-state index contributed by atoms with van der Waals surface area (Å²) in [6.07, 6.45) is 3.97. The zero-order valence-electron chi connectivity index (χ0n) is 13.5. The smallest absolute Gasteiger partial charge is 0.135 e. The molecular formula is C20H18N2OS. The monoisotopic (exact) mass is 334 g/mol. The molecule has 0 atom stereocenters. The third kappa shape index (κ3) is 3.64. The predicted molar refractivity (Wildman–Crippen MR) is 99.9 cm³/mol. The number of thiazole rings is 1. The molecule has 3 aromatic rings. The van der Waals surface area contributed by atoms with E-state index in [0.717, 1.165) is 39.4 Å². The maximum absolute atomic E-state index is 9.58. The van der Waals surface area contributed by atoms with E-state index in [1.54, 1.807) is 0 Å². The molecule has 0 radical (unpaired) electrons. The summed E-state index contributed by atoms with van der Waals surface area (Å²) in [5, 5.41) is 10.3. The molecule has 3 nitrogen and oxygen atoms in total. The molecule has 0 amide bonds. The van der Waals surface area contributed by atoms with Gasteiger partial charge in [-0.25, -0.2) is 4.98 Å². The molecule has 0 aliphatic carbocycles. The standard InChI is InChI=1S/C20H18N2OS/c1-2-3-12-23-18-10-6-4-8-15(18)13-16(14-21)20-22-17-9-5-7-11-19(17)24-20/h4-11,13H,2-3,12H2,1H3/b16-13-. The highest BCUT2D eigenvalue weighted by atomic mass is 32.1. The second-order valence-electron chi connectivity index (χ2n) is 5.40. The van der Waals surface area contributed by atoms with Crippen LogP contribution in [0.3, 0.4) is 0 Å². The van der Waals surface area contributed by atoms with Gasteiger partial charge in [0.15, 0.2) is 0 Å². The van der Waals surface area contributed by atoms with Crippen molar-refractivity contribution in [3.8, 4) is 11.8 Å². The van der Waals surface area contributed by atoms with Gasteiger partial charge in [-0.15, -0.1) is 11.3 Å². The number of unbranched alkanes of at least 4 members (excludes halogenated alkanes) is 1. The van der Waals surface area contributed by atoms with Crippen LogP contribution in [0.1, 0.15) is 30.3 Å². The second-order valence-corrected chi connectivity index (χ2v) is 6.43. The number of allylic oxidation sites excluding steroid dienone is 1. The van der Waals surface area contributed by atoms with Gasteiger partial charge in [0, 0.05) is 5.56 Å². The summed E-state index contributed by atoms with van der Waals surface area (Å²) >= 11 is 1.53. The number of rotatable bonds is 6. The fraction of sp³-hybridized carbons (Fsp3) is 0.200. The number of hydrogen-bond acceptors (Lipinski definition) is 4. The van der Waals surface area contributed by atoms with Crippen molar-refractivity contribution < 1.29 is 4.74 Å². The molecule has 0 aliphatic heterocycles. The number of benzene rings is 2. The van der Waals surface area contributed by atoms with Crippen LogP contribution >= 0.6 is 11.3 Å². The van der Waals surface area contributed by atoms with Gasteiger partial charge in [0.1, 0.15) is 16.8 Å². The van der Waals surface area contributed by atoms with E-state index in [2.05, 4.69) is 18.0 Å². The molecule has 4 heteroatoms. The Balaban J connectivity index is 1.95. The van der Waals surface area contributed by atoms with E-state index in [4.69, 9.17) is 4.74 Å². The average Bonchev–Trinajstić information content (AvgIpc) is 3.05. The molecular weight excluding hydrogens is 316 g/mol. The van der Waals surface area contributed by atoms with Crippen molar-refractivity contribution in [2.75, 3.05) is 6.61 Å². The van der Waals surface area contributed by atoms with Gasteiger partial charge in [0.2, 0.25) is 0 Å². The van der Waals surface area contributed by atoms with Crippen LogP contribution in [-0.2, 0) is 0 Å². The van der Waals surface area contributed by atoms with Crippen LogP contribution in [0.15, 0.2) is 48.5 Å². The van der Waals surface area contributed by atoms with Crippen molar-refractivity contribution >= 4 is 33.2 Å². The van der Waals surface area contributed by atoms with Crippen LogP contribution in [0.25, 0.3) is 21.9 Å². The summed E-state index contributed by atoms with van der Waals surface area (Å²) in [6, 6.07) is 18.0. The van der Waals surface area contributed by atoms with E-state index >= 15 is 0 Å². The molecule has 1 heterocycles. The van der Waals surface area contributed by atoms with Crippen molar-refractivity contribution in [1.29, 1.82) is 5.26 Å². The zero-order chi connectivity index (χ0) is 16.8. The van der Waals surface area contributed by atoms with E-state index in [0.29, 0.717) is 12.2 Å². The minimum atomic E-state index is 0.558. The van der Waals surface area contributed by atoms with Crippen LogP contribution in [0.5, 0.6) is 5.75 Å². The maximum Gasteiger partial charge on any atom is 0.135 e. The average molecular weight is 334 g/mol. The highest BCUT2D eigenvalue weighted by Gasteiger charge is 2.10. The molecule has 0 saturated heterocycles. The largest absolute Gasteiger partial charge is 0.493 e. The van der Waals surface area contributed by atoms with E-state index in [1.165, 1.54) is 11.3 Å². The van der Waals surface area contributed by atoms with E-state index < -0.39 is 0 Å². The molecule has 0 unspecified atom stereocenters. The van der Waals surface area contributed by atoms with Gasteiger partial charge in [0.25, 0.3) is 0 Å². The second kappa shape index (κ2) is 7.76. The summed E-state index contributed by atoms with van der Waals surface area (Å²) in [5.41, 5.74) is 2.39. The van der Waals surface area contributed by atoms with Gasteiger partial charge in [0.05, 0.1) is 22.4 Å². The van der Waals surface area contributed by atoms with Gasteiger partial charge in [-0.1, -0.05) is 43.7 Å². The Bertz CT molecular complexity index is 872. The van der Waals surface area contributed by atoms with Crippen molar-refractivity contribution in [2.24, 2.45) is 0 Å². The van der Waals surface area contributed by atoms with Crippen LogP contribution in [0.2, 0.25) is 0 Å². The highest BCUT2D eigenvalue weighted by Crippen LogP contribution is 2.30. The fourth-order valence-corrected chi connectivity index (χ4v) is 3.27. The summed E-state index contributed by atoms with van der Waals surface area (Å²) in [7, 11) is 0. The molecule has 120 valence electrons. The Morgan fingerprint density at radius 3 is 2.79 bits per heavy atom. The lowest BCUT2D eigenvalue weighted by molar-refractivity contribution is 0.309. The molecule has 0 spiro atoms. The summed E-state index contributed by atoms with van der Waals surface area (Å²) in [4.78, 5) is 4.57. The fourth-order valence-electron chi connectivity index (χ4n) is 2.34. The summed E-state index contributed by atoms with van der Waals surface area (Å²) in [5.74, 6) is 0.805. The number of nitrogens with zero attached hydrogens (tertiary/aromatic N) is 2.